The van der Waals surface area contributed by atoms with Gasteiger partial charge in [0.2, 0.25) is 0 Å². The SMILES string of the molecule is Cn1ccnc1CCNc1ccc2cc(N)ccc2n1. The molecule has 0 fully saturated rings. The molecule has 2 heterocycles. The van der Waals surface area contributed by atoms with E-state index in [1.165, 1.54) is 0 Å². The molecule has 3 rings (SSSR count). The fourth-order valence-electron chi connectivity index (χ4n) is 2.18. The molecule has 0 aliphatic heterocycles. The molecule has 0 saturated heterocycles. The van der Waals surface area contributed by atoms with Crippen molar-refractivity contribution in [3.63, 3.8) is 0 Å². The highest BCUT2D eigenvalue weighted by Gasteiger charge is 2.01. The Morgan fingerprint density at radius 2 is 2.15 bits per heavy atom. The van der Waals surface area contributed by atoms with Crippen LogP contribution in [0.1, 0.15) is 5.82 Å². The van der Waals surface area contributed by atoms with Gasteiger partial charge in [0, 0.05) is 43.5 Å². The minimum absolute atomic E-state index is 0.759. The number of hydrogen-bond acceptors (Lipinski definition) is 4. The lowest BCUT2D eigenvalue weighted by atomic mass is 10.2. The van der Waals surface area contributed by atoms with Gasteiger partial charge in [0.1, 0.15) is 11.6 Å². The first-order valence-corrected chi connectivity index (χ1v) is 6.59. The number of imidazole rings is 1. The van der Waals surface area contributed by atoms with Gasteiger partial charge in [0.05, 0.1) is 5.52 Å². The van der Waals surface area contributed by atoms with E-state index in [2.05, 4.69) is 15.3 Å². The van der Waals surface area contributed by atoms with Gasteiger partial charge < -0.3 is 15.6 Å². The van der Waals surface area contributed by atoms with Crippen LogP contribution in [0.25, 0.3) is 10.9 Å². The Bertz CT molecular complexity index is 732. The molecule has 5 nitrogen and oxygen atoms in total. The minimum atomic E-state index is 0.759. The fraction of sp³-hybridized carbons (Fsp3) is 0.200. The molecule has 0 unspecified atom stereocenters. The number of benzene rings is 1. The standard InChI is InChI=1S/C15H17N5/c1-20-9-8-18-15(20)6-7-17-14-5-2-11-10-12(16)3-4-13(11)19-14/h2-5,8-10H,6-7,16H2,1H3,(H,17,19). The molecule has 1 aromatic carbocycles. The van der Waals surface area contributed by atoms with Gasteiger partial charge in [-0.15, -0.1) is 0 Å². The molecule has 0 spiro atoms. The van der Waals surface area contributed by atoms with Gasteiger partial charge in [-0.3, -0.25) is 0 Å². The summed E-state index contributed by atoms with van der Waals surface area (Å²) in [5, 5.41) is 4.38. The molecule has 0 atom stereocenters. The van der Waals surface area contributed by atoms with Crippen molar-refractivity contribution in [1.29, 1.82) is 0 Å². The molecule has 0 aliphatic carbocycles. The van der Waals surface area contributed by atoms with Crippen LogP contribution in [0.3, 0.4) is 0 Å². The van der Waals surface area contributed by atoms with Crippen LogP contribution in [0.2, 0.25) is 0 Å². The first-order valence-electron chi connectivity index (χ1n) is 6.59. The van der Waals surface area contributed by atoms with E-state index in [1.54, 1.807) is 0 Å². The Labute approximate surface area is 117 Å². The van der Waals surface area contributed by atoms with E-state index in [-0.39, 0.29) is 0 Å². The van der Waals surface area contributed by atoms with Gasteiger partial charge in [-0.25, -0.2) is 9.97 Å². The van der Waals surface area contributed by atoms with Crippen LogP contribution >= 0.6 is 0 Å². The summed E-state index contributed by atoms with van der Waals surface area (Å²) in [6.45, 7) is 0.804. The molecule has 2 aromatic heterocycles. The first-order chi connectivity index (χ1) is 9.72. The Morgan fingerprint density at radius 1 is 1.25 bits per heavy atom. The van der Waals surface area contributed by atoms with Gasteiger partial charge in [-0.1, -0.05) is 0 Å². The van der Waals surface area contributed by atoms with Crippen molar-refractivity contribution < 1.29 is 0 Å². The maximum absolute atomic E-state index is 5.76. The molecular weight excluding hydrogens is 250 g/mol. The molecule has 3 aromatic rings. The quantitative estimate of drug-likeness (QED) is 0.711. The Balaban J connectivity index is 1.68. The summed E-state index contributed by atoms with van der Waals surface area (Å²) in [5.74, 6) is 1.93. The zero-order valence-electron chi connectivity index (χ0n) is 11.4. The predicted octanol–water partition coefficient (Wildman–Crippen LogP) is 2.21. The van der Waals surface area contributed by atoms with Crippen LogP contribution in [-0.2, 0) is 13.5 Å². The lowest BCUT2D eigenvalue weighted by Crippen LogP contribution is -2.09. The molecule has 0 saturated carbocycles. The molecule has 0 amide bonds. The maximum atomic E-state index is 5.76. The number of nitrogens with two attached hydrogens (primary N) is 1. The van der Waals surface area contributed by atoms with Crippen molar-refractivity contribution in [3.8, 4) is 0 Å². The van der Waals surface area contributed by atoms with Crippen molar-refractivity contribution in [3.05, 3.63) is 48.5 Å². The number of aromatic nitrogens is 3. The Hall–Kier alpha value is -2.56. The zero-order valence-corrected chi connectivity index (χ0v) is 11.4. The molecule has 20 heavy (non-hydrogen) atoms. The van der Waals surface area contributed by atoms with E-state index in [1.807, 2.05) is 54.3 Å². The van der Waals surface area contributed by atoms with Crippen molar-refractivity contribution in [2.75, 3.05) is 17.6 Å². The van der Waals surface area contributed by atoms with Gasteiger partial charge in [-0.2, -0.15) is 0 Å². The average molecular weight is 267 g/mol. The second-order valence-corrected chi connectivity index (χ2v) is 4.78. The average Bonchev–Trinajstić information content (AvgIpc) is 2.85. The van der Waals surface area contributed by atoms with Crippen molar-refractivity contribution in [2.45, 2.75) is 6.42 Å². The fourth-order valence-corrected chi connectivity index (χ4v) is 2.18. The van der Waals surface area contributed by atoms with E-state index in [9.17, 15) is 0 Å². The number of fused-ring (bicyclic) bond motifs is 1. The smallest absolute Gasteiger partial charge is 0.126 e. The van der Waals surface area contributed by atoms with Gasteiger partial charge >= 0.3 is 0 Å². The number of hydrogen-bond donors (Lipinski definition) is 2. The second-order valence-electron chi connectivity index (χ2n) is 4.78. The Kier molecular flexibility index (Phi) is 3.25. The van der Waals surface area contributed by atoms with Crippen molar-refractivity contribution >= 4 is 22.4 Å². The third-order valence-electron chi connectivity index (χ3n) is 3.29. The number of pyridine rings is 1. The van der Waals surface area contributed by atoms with Crippen LogP contribution in [0.5, 0.6) is 0 Å². The summed E-state index contributed by atoms with van der Waals surface area (Å²) in [4.78, 5) is 8.86. The molecule has 5 heteroatoms. The number of aryl methyl sites for hydroxylation is 1. The van der Waals surface area contributed by atoms with E-state index in [0.717, 1.165) is 41.2 Å². The van der Waals surface area contributed by atoms with Crippen molar-refractivity contribution in [2.24, 2.45) is 7.05 Å². The van der Waals surface area contributed by atoms with Gasteiger partial charge in [-0.05, 0) is 30.3 Å². The summed E-state index contributed by atoms with van der Waals surface area (Å²) in [6, 6.07) is 9.74. The largest absolute Gasteiger partial charge is 0.399 e. The van der Waals surface area contributed by atoms with E-state index < -0.39 is 0 Å². The van der Waals surface area contributed by atoms with Crippen molar-refractivity contribution in [1.82, 2.24) is 14.5 Å². The van der Waals surface area contributed by atoms with Crippen LogP contribution in [0, 0.1) is 0 Å². The lowest BCUT2D eigenvalue weighted by Gasteiger charge is -2.07. The summed E-state index contributed by atoms with van der Waals surface area (Å²) >= 11 is 0. The number of nitrogens with one attached hydrogen (secondary N) is 1. The molecular formula is C15H17N5. The van der Waals surface area contributed by atoms with E-state index >= 15 is 0 Å². The topological polar surface area (TPSA) is 68.8 Å². The van der Waals surface area contributed by atoms with Gasteiger partial charge in [0.15, 0.2) is 0 Å². The molecule has 0 bridgehead atoms. The molecule has 0 radical (unpaired) electrons. The summed E-state index contributed by atoms with van der Waals surface area (Å²) in [7, 11) is 2.00. The lowest BCUT2D eigenvalue weighted by molar-refractivity contribution is 0.789. The monoisotopic (exact) mass is 267 g/mol. The number of rotatable bonds is 4. The summed E-state index contributed by atoms with van der Waals surface area (Å²) in [5.41, 5.74) is 7.46. The highest BCUT2D eigenvalue weighted by molar-refractivity contribution is 5.83. The highest BCUT2D eigenvalue weighted by Crippen LogP contribution is 2.17. The molecule has 102 valence electrons. The third-order valence-corrected chi connectivity index (χ3v) is 3.29. The second kappa shape index (κ2) is 5.21. The van der Waals surface area contributed by atoms with Gasteiger partial charge in [0.25, 0.3) is 0 Å². The molecule has 3 N–H and O–H groups in total. The van der Waals surface area contributed by atoms with Crippen LogP contribution in [-0.4, -0.2) is 21.1 Å². The number of nitrogens with zero attached hydrogens (tertiary/aromatic N) is 3. The highest BCUT2D eigenvalue weighted by atomic mass is 15.0. The van der Waals surface area contributed by atoms with E-state index in [4.69, 9.17) is 5.73 Å². The Morgan fingerprint density at radius 3 is 2.95 bits per heavy atom. The minimum Gasteiger partial charge on any atom is -0.399 e. The van der Waals surface area contributed by atoms with E-state index in [0.29, 0.717) is 0 Å². The first kappa shape index (κ1) is 12.5. The number of anilines is 2. The normalized spacial score (nSPS) is 10.8. The van der Waals surface area contributed by atoms with Crippen LogP contribution in [0.15, 0.2) is 42.7 Å². The number of nitrogen functional groups attached to an aromatic ring is 1. The van der Waals surface area contributed by atoms with Crippen LogP contribution < -0.4 is 11.1 Å². The third kappa shape index (κ3) is 2.56. The zero-order chi connectivity index (χ0) is 13.9. The predicted molar refractivity (Wildman–Crippen MR) is 81.6 cm³/mol. The maximum Gasteiger partial charge on any atom is 0.126 e. The molecule has 0 aliphatic rings. The van der Waals surface area contributed by atoms with Crippen LogP contribution in [0.4, 0.5) is 11.5 Å². The summed E-state index contributed by atoms with van der Waals surface area (Å²) < 4.78 is 2.03. The summed E-state index contributed by atoms with van der Waals surface area (Å²) in [6.07, 6.45) is 4.63.